The normalized spacial score (nSPS) is 9.77. The highest BCUT2D eigenvalue weighted by Crippen LogP contribution is 2.02. The number of nitrogens with one attached hydrogen (secondary N) is 1. The van der Waals surface area contributed by atoms with Crippen LogP contribution in [0.15, 0.2) is 30.3 Å². The van der Waals surface area contributed by atoms with Gasteiger partial charge in [-0.3, -0.25) is 9.59 Å². The summed E-state index contributed by atoms with van der Waals surface area (Å²) < 4.78 is 5.11. The molecule has 120 valence electrons. The van der Waals surface area contributed by atoms with Crippen LogP contribution in [0.4, 0.5) is 4.79 Å². The Morgan fingerprint density at radius 1 is 1.05 bits per heavy atom. The second kappa shape index (κ2) is 8.66. The average molecular weight is 307 g/mol. The molecule has 0 heterocycles. The summed E-state index contributed by atoms with van der Waals surface area (Å²) in [6, 6.07) is 9.26. The molecule has 0 spiro atoms. The number of hydrogen-bond donors (Lipinski definition) is 1. The zero-order valence-corrected chi connectivity index (χ0v) is 13.0. The van der Waals surface area contributed by atoms with Gasteiger partial charge in [-0.1, -0.05) is 30.3 Å². The molecular weight excluding hydrogens is 286 g/mol. The highest BCUT2D eigenvalue weighted by molar-refractivity contribution is 5.86. The van der Waals surface area contributed by atoms with Gasteiger partial charge in [-0.05, 0) is 5.56 Å². The third-order valence-corrected chi connectivity index (χ3v) is 2.97. The van der Waals surface area contributed by atoms with Crippen molar-refractivity contribution >= 4 is 17.9 Å². The number of hydrogen-bond acceptors (Lipinski definition) is 4. The molecule has 0 aliphatic rings. The number of ether oxygens (including phenoxy) is 1. The predicted octanol–water partition coefficient (Wildman–Crippen LogP) is 0.459. The maximum atomic E-state index is 11.9. The molecule has 0 saturated carbocycles. The zero-order valence-electron chi connectivity index (χ0n) is 13.0. The van der Waals surface area contributed by atoms with Crippen LogP contribution in [0.25, 0.3) is 0 Å². The minimum Gasteiger partial charge on any atom is -0.445 e. The fraction of sp³-hybridized carbons (Fsp3) is 0.400. The number of carbonyl (C=O) groups excluding carboxylic acids is 3. The Morgan fingerprint density at radius 2 is 1.68 bits per heavy atom. The van der Waals surface area contributed by atoms with Crippen LogP contribution in [0.5, 0.6) is 0 Å². The molecular formula is C15H21N3O4. The Kier molecular flexibility index (Phi) is 6.88. The van der Waals surface area contributed by atoms with E-state index in [4.69, 9.17) is 4.74 Å². The summed E-state index contributed by atoms with van der Waals surface area (Å²) in [4.78, 5) is 37.3. The minimum absolute atomic E-state index is 0.0533. The SMILES string of the molecule is CNC(=O)CN(C)C(=O)CN(C)C(=O)OCc1ccccc1. The fourth-order valence-corrected chi connectivity index (χ4v) is 1.60. The number of carbonyl (C=O) groups is 3. The first-order valence-electron chi connectivity index (χ1n) is 6.80. The van der Waals surface area contributed by atoms with E-state index in [1.165, 1.54) is 30.9 Å². The van der Waals surface area contributed by atoms with Gasteiger partial charge < -0.3 is 19.9 Å². The van der Waals surface area contributed by atoms with E-state index in [1.807, 2.05) is 30.3 Å². The standard InChI is InChI=1S/C15H21N3O4/c1-16-13(19)9-17(2)14(20)10-18(3)15(21)22-11-12-7-5-4-6-8-12/h4-8H,9-11H2,1-3H3,(H,16,19). The molecule has 0 bridgehead atoms. The Hall–Kier alpha value is -2.57. The predicted molar refractivity (Wildman–Crippen MR) is 81.0 cm³/mol. The van der Waals surface area contributed by atoms with Crippen LogP contribution in [0.3, 0.4) is 0 Å². The van der Waals surface area contributed by atoms with Gasteiger partial charge in [-0.2, -0.15) is 0 Å². The highest BCUT2D eigenvalue weighted by atomic mass is 16.6. The maximum Gasteiger partial charge on any atom is 0.410 e. The maximum absolute atomic E-state index is 11.9. The largest absolute Gasteiger partial charge is 0.445 e. The number of rotatable bonds is 6. The van der Waals surface area contributed by atoms with E-state index in [0.717, 1.165) is 5.56 Å². The van der Waals surface area contributed by atoms with Gasteiger partial charge in [0.1, 0.15) is 13.2 Å². The molecule has 0 aliphatic heterocycles. The van der Waals surface area contributed by atoms with E-state index in [-0.39, 0.29) is 31.5 Å². The molecule has 0 unspecified atom stereocenters. The molecule has 3 amide bonds. The second-order valence-corrected chi connectivity index (χ2v) is 4.82. The summed E-state index contributed by atoms with van der Waals surface area (Å²) in [5, 5.41) is 2.43. The van der Waals surface area contributed by atoms with Crippen molar-refractivity contribution in [2.45, 2.75) is 6.61 Å². The first-order valence-corrected chi connectivity index (χ1v) is 6.80. The van der Waals surface area contributed by atoms with E-state index in [9.17, 15) is 14.4 Å². The zero-order chi connectivity index (χ0) is 16.5. The van der Waals surface area contributed by atoms with Crippen molar-refractivity contribution in [1.29, 1.82) is 0 Å². The summed E-state index contributed by atoms with van der Waals surface area (Å²) >= 11 is 0. The molecule has 7 heteroatoms. The van der Waals surface area contributed by atoms with Crippen LogP contribution in [0.2, 0.25) is 0 Å². The lowest BCUT2D eigenvalue weighted by Crippen LogP contribution is -2.43. The molecule has 1 N–H and O–H groups in total. The smallest absolute Gasteiger partial charge is 0.410 e. The van der Waals surface area contributed by atoms with Crippen LogP contribution in [-0.4, -0.2) is 61.9 Å². The van der Waals surface area contributed by atoms with Crippen molar-refractivity contribution in [3.05, 3.63) is 35.9 Å². The lowest BCUT2D eigenvalue weighted by Gasteiger charge is -2.21. The third-order valence-electron chi connectivity index (χ3n) is 2.97. The van der Waals surface area contributed by atoms with Crippen LogP contribution in [-0.2, 0) is 20.9 Å². The molecule has 1 aromatic rings. The molecule has 0 aromatic heterocycles. The van der Waals surface area contributed by atoms with Crippen molar-refractivity contribution in [1.82, 2.24) is 15.1 Å². The first-order chi connectivity index (χ1) is 10.4. The summed E-state index contributed by atoms with van der Waals surface area (Å²) in [6.07, 6.45) is -0.592. The number of amides is 3. The molecule has 7 nitrogen and oxygen atoms in total. The summed E-state index contributed by atoms with van der Waals surface area (Å²) in [5.41, 5.74) is 0.868. The summed E-state index contributed by atoms with van der Waals surface area (Å²) in [7, 11) is 4.47. The molecule has 0 aliphatic carbocycles. The van der Waals surface area contributed by atoms with Gasteiger partial charge >= 0.3 is 6.09 Å². The van der Waals surface area contributed by atoms with Crippen LogP contribution >= 0.6 is 0 Å². The van der Waals surface area contributed by atoms with Gasteiger partial charge in [0.25, 0.3) is 0 Å². The Morgan fingerprint density at radius 3 is 2.27 bits per heavy atom. The van der Waals surface area contributed by atoms with E-state index < -0.39 is 6.09 Å². The van der Waals surface area contributed by atoms with Crippen molar-refractivity contribution in [2.75, 3.05) is 34.2 Å². The van der Waals surface area contributed by atoms with Gasteiger partial charge in [-0.15, -0.1) is 0 Å². The Labute approximate surface area is 129 Å². The van der Waals surface area contributed by atoms with Gasteiger partial charge in [0, 0.05) is 21.1 Å². The van der Waals surface area contributed by atoms with E-state index in [1.54, 1.807) is 0 Å². The number of likely N-dealkylation sites (N-methyl/N-ethyl adjacent to an activating group) is 3. The van der Waals surface area contributed by atoms with E-state index in [0.29, 0.717) is 0 Å². The average Bonchev–Trinajstić information content (AvgIpc) is 2.53. The molecule has 1 aromatic carbocycles. The number of nitrogens with zero attached hydrogens (tertiary/aromatic N) is 2. The second-order valence-electron chi connectivity index (χ2n) is 4.82. The Balaban J connectivity index is 2.40. The molecule has 22 heavy (non-hydrogen) atoms. The molecule has 0 fully saturated rings. The topological polar surface area (TPSA) is 79.0 Å². The van der Waals surface area contributed by atoms with Crippen molar-refractivity contribution in [2.24, 2.45) is 0 Å². The molecule has 0 radical (unpaired) electrons. The monoisotopic (exact) mass is 307 g/mol. The van der Waals surface area contributed by atoms with E-state index >= 15 is 0 Å². The van der Waals surface area contributed by atoms with Crippen LogP contribution < -0.4 is 5.32 Å². The first kappa shape index (κ1) is 17.5. The number of benzene rings is 1. The van der Waals surface area contributed by atoms with E-state index in [2.05, 4.69) is 5.32 Å². The van der Waals surface area contributed by atoms with Gasteiger partial charge in [0.05, 0.1) is 6.54 Å². The quantitative estimate of drug-likeness (QED) is 0.828. The van der Waals surface area contributed by atoms with Crippen molar-refractivity contribution < 1.29 is 19.1 Å². The fourth-order valence-electron chi connectivity index (χ4n) is 1.60. The van der Waals surface area contributed by atoms with Gasteiger partial charge in [-0.25, -0.2) is 4.79 Å². The van der Waals surface area contributed by atoms with Crippen LogP contribution in [0, 0.1) is 0 Å². The minimum atomic E-state index is -0.592. The Bertz CT molecular complexity index is 519. The molecule has 1 rings (SSSR count). The molecule has 0 saturated heterocycles. The molecule has 0 atom stereocenters. The highest BCUT2D eigenvalue weighted by Gasteiger charge is 2.18. The van der Waals surface area contributed by atoms with Gasteiger partial charge in [0.15, 0.2) is 0 Å². The van der Waals surface area contributed by atoms with Crippen molar-refractivity contribution in [3.8, 4) is 0 Å². The van der Waals surface area contributed by atoms with Crippen molar-refractivity contribution in [3.63, 3.8) is 0 Å². The van der Waals surface area contributed by atoms with Crippen LogP contribution in [0.1, 0.15) is 5.56 Å². The third kappa shape index (κ3) is 5.82. The lowest BCUT2D eigenvalue weighted by atomic mass is 10.2. The van der Waals surface area contributed by atoms with Gasteiger partial charge in [0.2, 0.25) is 11.8 Å². The lowest BCUT2D eigenvalue weighted by molar-refractivity contribution is -0.135. The summed E-state index contributed by atoms with van der Waals surface area (Å²) in [5.74, 6) is -0.618. The summed E-state index contributed by atoms with van der Waals surface area (Å²) in [6.45, 7) is -0.0599.